The number of likely N-dealkylation sites (tertiary alicyclic amines) is 1. The SMILES string of the molecule is CC(=O)N1CCC(CN(C)C2CCCCC2O)C1. The molecule has 2 rings (SSSR count). The molecule has 1 saturated carbocycles. The van der Waals surface area contributed by atoms with Gasteiger partial charge in [-0.3, -0.25) is 4.79 Å². The van der Waals surface area contributed by atoms with Crippen LogP contribution in [0.3, 0.4) is 0 Å². The summed E-state index contributed by atoms with van der Waals surface area (Å²) in [5, 5.41) is 10.0. The molecule has 1 N–H and O–H groups in total. The lowest BCUT2D eigenvalue weighted by Crippen LogP contribution is -2.45. The van der Waals surface area contributed by atoms with Gasteiger partial charge in [0.05, 0.1) is 6.10 Å². The molecule has 1 saturated heterocycles. The molecule has 1 aliphatic heterocycles. The van der Waals surface area contributed by atoms with Gasteiger partial charge in [0.15, 0.2) is 0 Å². The normalized spacial score (nSPS) is 33.1. The zero-order chi connectivity index (χ0) is 13.1. The van der Waals surface area contributed by atoms with Gasteiger partial charge in [-0.05, 0) is 32.2 Å². The number of aliphatic hydroxyl groups excluding tert-OH is 1. The van der Waals surface area contributed by atoms with Crippen molar-refractivity contribution >= 4 is 5.91 Å². The maximum absolute atomic E-state index is 11.3. The van der Waals surface area contributed by atoms with Crippen LogP contribution < -0.4 is 0 Å². The molecule has 0 radical (unpaired) electrons. The number of carbonyl (C=O) groups is 1. The molecular weight excluding hydrogens is 228 g/mol. The van der Waals surface area contributed by atoms with Gasteiger partial charge < -0.3 is 14.9 Å². The number of likely N-dealkylation sites (N-methyl/N-ethyl adjacent to an activating group) is 1. The molecule has 1 aliphatic carbocycles. The molecule has 4 heteroatoms. The molecule has 0 bridgehead atoms. The topological polar surface area (TPSA) is 43.8 Å². The standard InChI is InChI=1S/C14H26N2O2/c1-11(17)16-8-7-12(10-16)9-15(2)13-5-3-4-6-14(13)18/h12-14,18H,3-10H2,1-2H3. The van der Waals surface area contributed by atoms with Crippen molar-refractivity contribution in [3.8, 4) is 0 Å². The summed E-state index contributed by atoms with van der Waals surface area (Å²) >= 11 is 0. The fourth-order valence-corrected chi connectivity index (χ4v) is 3.42. The van der Waals surface area contributed by atoms with E-state index in [1.165, 1.54) is 6.42 Å². The second-order valence-corrected chi connectivity index (χ2v) is 5.98. The van der Waals surface area contributed by atoms with Gasteiger partial charge in [-0.25, -0.2) is 0 Å². The summed E-state index contributed by atoms with van der Waals surface area (Å²) in [6.07, 6.45) is 5.39. The molecule has 2 fully saturated rings. The van der Waals surface area contributed by atoms with Gasteiger partial charge in [-0.2, -0.15) is 0 Å². The van der Waals surface area contributed by atoms with Crippen LogP contribution in [0, 0.1) is 5.92 Å². The average Bonchev–Trinajstić information content (AvgIpc) is 2.78. The average molecular weight is 254 g/mol. The van der Waals surface area contributed by atoms with Gasteiger partial charge >= 0.3 is 0 Å². The van der Waals surface area contributed by atoms with E-state index in [-0.39, 0.29) is 12.0 Å². The van der Waals surface area contributed by atoms with Crippen molar-refractivity contribution in [1.82, 2.24) is 9.80 Å². The van der Waals surface area contributed by atoms with Crippen LogP contribution >= 0.6 is 0 Å². The van der Waals surface area contributed by atoms with E-state index in [4.69, 9.17) is 0 Å². The summed E-state index contributed by atoms with van der Waals surface area (Å²) in [5.41, 5.74) is 0. The maximum atomic E-state index is 11.3. The summed E-state index contributed by atoms with van der Waals surface area (Å²) in [5.74, 6) is 0.769. The maximum Gasteiger partial charge on any atom is 0.219 e. The first-order valence-corrected chi connectivity index (χ1v) is 7.21. The third-order valence-electron chi connectivity index (χ3n) is 4.54. The first-order valence-electron chi connectivity index (χ1n) is 7.21. The molecule has 0 aromatic carbocycles. The van der Waals surface area contributed by atoms with Crippen LogP contribution in [0.5, 0.6) is 0 Å². The summed E-state index contributed by atoms with van der Waals surface area (Å²) < 4.78 is 0. The van der Waals surface area contributed by atoms with Crippen LogP contribution in [-0.4, -0.2) is 59.6 Å². The predicted molar refractivity (Wildman–Crippen MR) is 71.3 cm³/mol. The van der Waals surface area contributed by atoms with Gasteiger partial charge in [0, 0.05) is 32.6 Å². The van der Waals surface area contributed by atoms with Crippen molar-refractivity contribution in [1.29, 1.82) is 0 Å². The van der Waals surface area contributed by atoms with Gasteiger partial charge in [0.1, 0.15) is 0 Å². The first kappa shape index (κ1) is 13.8. The predicted octanol–water partition coefficient (Wildman–Crippen LogP) is 1.09. The van der Waals surface area contributed by atoms with Crippen LogP contribution in [0.4, 0.5) is 0 Å². The molecule has 1 amide bonds. The zero-order valence-electron chi connectivity index (χ0n) is 11.6. The van der Waals surface area contributed by atoms with Crippen LogP contribution in [0.25, 0.3) is 0 Å². The fraction of sp³-hybridized carbons (Fsp3) is 0.929. The Morgan fingerprint density at radius 2 is 2.06 bits per heavy atom. The Hall–Kier alpha value is -0.610. The number of aliphatic hydroxyl groups is 1. The number of carbonyl (C=O) groups excluding carboxylic acids is 1. The van der Waals surface area contributed by atoms with Gasteiger partial charge in [-0.1, -0.05) is 12.8 Å². The lowest BCUT2D eigenvalue weighted by atomic mass is 9.91. The minimum Gasteiger partial charge on any atom is -0.391 e. The molecule has 0 aromatic rings. The molecule has 3 atom stereocenters. The fourth-order valence-electron chi connectivity index (χ4n) is 3.42. The second kappa shape index (κ2) is 6.02. The highest BCUT2D eigenvalue weighted by atomic mass is 16.3. The zero-order valence-corrected chi connectivity index (χ0v) is 11.6. The minimum atomic E-state index is -0.158. The first-order chi connectivity index (χ1) is 8.58. The summed E-state index contributed by atoms with van der Waals surface area (Å²) in [6.45, 7) is 4.45. The van der Waals surface area contributed by atoms with Gasteiger partial charge in [-0.15, -0.1) is 0 Å². The minimum absolute atomic E-state index is 0.158. The highest BCUT2D eigenvalue weighted by molar-refractivity contribution is 5.73. The smallest absolute Gasteiger partial charge is 0.219 e. The third-order valence-corrected chi connectivity index (χ3v) is 4.54. The molecule has 104 valence electrons. The Morgan fingerprint density at radius 1 is 1.33 bits per heavy atom. The van der Waals surface area contributed by atoms with Crippen molar-refractivity contribution in [2.24, 2.45) is 5.92 Å². The monoisotopic (exact) mass is 254 g/mol. The van der Waals surface area contributed by atoms with Crippen molar-refractivity contribution in [3.63, 3.8) is 0 Å². The lowest BCUT2D eigenvalue weighted by molar-refractivity contribution is -0.127. The van der Waals surface area contributed by atoms with E-state index in [1.807, 2.05) is 4.90 Å². The van der Waals surface area contributed by atoms with Crippen LogP contribution in [0.2, 0.25) is 0 Å². The summed E-state index contributed by atoms with van der Waals surface area (Å²) in [6, 6.07) is 0.324. The molecule has 0 aromatic heterocycles. The number of rotatable bonds is 3. The Morgan fingerprint density at radius 3 is 2.67 bits per heavy atom. The van der Waals surface area contributed by atoms with Crippen LogP contribution in [0.15, 0.2) is 0 Å². The molecule has 0 spiro atoms. The molecule has 4 nitrogen and oxygen atoms in total. The second-order valence-electron chi connectivity index (χ2n) is 5.98. The molecule has 3 unspecified atom stereocenters. The van der Waals surface area contributed by atoms with E-state index in [0.29, 0.717) is 12.0 Å². The van der Waals surface area contributed by atoms with Crippen molar-refractivity contribution in [2.75, 3.05) is 26.7 Å². The van der Waals surface area contributed by atoms with Gasteiger partial charge in [0.2, 0.25) is 5.91 Å². The van der Waals surface area contributed by atoms with E-state index in [2.05, 4.69) is 11.9 Å². The third kappa shape index (κ3) is 3.23. The molecule has 1 heterocycles. The van der Waals surface area contributed by atoms with Crippen molar-refractivity contribution in [2.45, 2.75) is 51.2 Å². The van der Waals surface area contributed by atoms with E-state index >= 15 is 0 Å². The number of hydrogen-bond acceptors (Lipinski definition) is 3. The van der Waals surface area contributed by atoms with Crippen molar-refractivity contribution in [3.05, 3.63) is 0 Å². The highest BCUT2D eigenvalue weighted by Gasteiger charge is 2.30. The molecule has 2 aliphatic rings. The van der Waals surface area contributed by atoms with Crippen molar-refractivity contribution < 1.29 is 9.90 Å². The number of amides is 1. The Balaban J connectivity index is 1.80. The Bertz CT molecular complexity index is 296. The van der Waals surface area contributed by atoms with E-state index in [0.717, 1.165) is 45.3 Å². The van der Waals surface area contributed by atoms with E-state index in [9.17, 15) is 9.90 Å². The largest absolute Gasteiger partial charge is 0.391 e. The Labute approximate surface area is 110 Å². The summed E-state index contributed by atoms with van der Waals surface area (Å²) in [4.78, 5) is 15.6. The highest BCUT2D eigenvalue weighted by Crippen LogP contribution is 2.25. The quantitative estimate of drug-likeness (QED) is 0.820. The van der Waals surface area contributed by atoms with Gasteiger partial charge in [0.25, 0.3) is 0 Å². The molecular formula is C14H26N2O2. The lowest BCUT2D eigenvalue weighted by Gasteiger charge is -2.36. The number of hydrogen-bond donors (Lipinski definition) is 1. The summed E-state index contributed by atoms with van der Waals surface area (Å²) in [7, 11) is 2.12. The Kier molecular flexibility index (Phi) is 4.62. The van der Waals surface area contributed by atoms with E-state index in [1.54, 1.807) is 6.92 Å². The van der Waals surface area contributed by atoms with E-state index < -0.39 is 0 Å². The van der Waals surface area contributed by atoms with Crippen LogP contribution in [0.1, 0.15) is 39.0 Å². The molecule has 18 heavy (non-hydrogen) atoms. The number of nitrogens with zero attached hydrogens (tertiary/aromatic N) is 2. The van der Waals surface area contributed by atoms with Crippen LogP contribution in [-0.2, 0) is 4.79 Å².